The predicted octanol–water partition coefficient (Wildman–Crippen LogP) is 2.61. The van der Waals surface area contributed by atoms with E-state index in [0.29, 0.717) is 5.92 Å². The van der Waals surface area contributed by atoms with Gasteiger partial charge in [-0.3, -0.25) is 0 Å². The van der Waals surface area contributed by atoms with Gasteiger partial charge in [0, 0.05) is 31.7 Å². The molecule has 22 heavy (non-hydrogen) atoms. The zero-order chi connectivity index (χ0) is 16.8. The van der Waals surface area contributed by atoms with Crippen molar-refractivity contribution in [2.75, 3.05) is 32.7 Å². The molecule has 1 saturated heterocycles. The minimum atomic E-state index is -0.416. The van der Waals surface area contributed by atoms with Gasteiger partial charge in [0.25, 0.3) is 0 Å². The van der Waals surface area contributed by atoms with E-state index >= 15 is 0 Å². The fourth-order valence-electron chi connectivity index (χ4n) is 2.56. The second-order valence-electron chi connectivity index (χ2n) is 8.32. The SMILES string of the molecule is CC(C)(C)NCCNCC1CCCN(C(=O)OC(C)(C)C)C1. The molecule has 5 heteroatoms. The van der Waals surface area contributed by atoms with Gasteiger partial charge in [-0.2, -0.15) is 0 Å². The number of carbonyl (C=O) groups excluding carboxylic acids is 1. The Morgan fingerprint density at radius 3 is 2.45 bits per heavy atom. The van der Waals surface area contributed by atoms with Gasteiger partial charge < -0.3 is 20.3 Å². The molecule has 1 amide bonds. The Labute approximate surface area is 136 Å². The van der Waals surface area contributed by atoms with E-state index in [-0.39, 0.29) is 11.6 Å². The molecule has 1 aliphatic rings. The highest BCUT2D eigenvalue weighted by atomic mass is 16.6. The van der Waals surface area contributed by atoms with Crippen LogP contribution in [0.5, 0.6) is 0 Å². The van der Waals surface area contributed by atoms with Crippen molar-refractivity contribution in [3.8, 4) is 0 Å². The number of rotatable bonds is 5. The number of ether oxygens (including phenoxy) is 1. The van der Waals surface area contributed by atoms with E-state index in [1.807, 2.05) is 25.7 Å². The Morgan fingerprint density at radius 2 is 1.86 bits per heavy atom. The quantitative estimate of drug-likeness (QED) is 0.766. The molecule has 1 aliphatic heterocycles. The Bertz CT molecular complexity index is 345. The summed E-state index contributed by atoms with van der Waals surface area (Å²) in [4.78, 5) is 14.0. The summed E-state index contributed by atoms with van der Waals surface area (Å²) in [7, 11) is 0. The average Bonchev–Trinajstić information content (AvgIpc) is 2.35. The molecule has 0 radical (unpaired) electrons. The normalized spacial score (nSPS) is 20.1. The van der Waals surface area contributed by atoms with E-state index in [2.05, 4.69) is 31.4 Å². The molecule has 0 bridgehead atoms. The third kappa shape index (κ3) is 8.59. The maximum Gasteiger partial charge on any atom is 0.410 e. The Balaban J connectivity index is 2.24. The van der Waals surface area contributed by atoms with Crippen molar-refractivity contribution in [3.05, 3.63) is 0 Å². The zero-order valence-electron chi connectivity index (χ0n) is 15.3. The summed E-state index contributed by atoms with van der Waals surface area (Å²) in [5.74, 6) is 0.524. The maximum atomic E-state index is 12.1. The van der Waals surface area contributed by atoms with Crippen LogP contribution >= 0.6 is 0 Å². The highest BCUT2D eigenvalue weighted by molar-refractivity contribution is 5.68. The van der Waals surface area contributed by atoms with Crippen LogP contribution in [0, 0.1) is 5.92 Å². The van der Waals surface area contributed by atoms with Gasteiger partial charge in [-0.15, -0.1) is 0 Å². The number of hydrogen-bond donors (Lipinski definition) is 2. The number of likely N-dealkylation sites (tertiary alicyclic amines) is 1. The molecule has 0 aromatic carbocycles. The first-order valence-electron chi connectivity index (χ1n) is 8.50. The van der Waals surface area contributed by atoms with E-state index in [9.17, 15) is 4.79 Å². The van der Waals surface area contributed by atoms with E-state index in [1.165, 1.54) is 6.42 Å². The summed E-state index contributed by atoms with van der Waals surface area (Å²) in [6.07, 6.45) is 2.07. The van der Waals surface area contributed by atoms with Crippen LogP contribution in [0.1, 0.15) is 54.4 Å². The molecule has 1 fully saturated rings. The number of nitrogens with one attached hydrogen (secondary N) is 2. The summed E-state index contributed by atoms with van der Waals surface area (Å²) in [6, 6.07) is 0. The van der Waals surface area contributed by atoms with Crippen molar-refractivity contribution in [2.24, 2.45) is 5.92 Å². The van der Waals surface area contributed by atoms with E-state index in [4.69, 9.17) is 4.74 Å². The van der Waals surface area contributed by atoms with Crippen LogP contribution in [0.3, 0.4) is 0 Å². The molecule has 0 aromatic rings. The molecule has 5 nitrogen and oxygen atoms in total. The van der Waals surface area contributed by atoms with Gasteiger partial charge in [-0.25, -0.2) is 4.79 Å². The summed E-state index contributed by atoms with van der Waals surface area (Å²) in [6.45, 7) is 16.8. The standard InChI is InChI=1S/C17H35N3O2/c1-16(2,3)19-10-9-18-12-14-8-7-11-20(13-14)15(21)22-17(4,5)6/h14,18-19H,7-13H2,1-6H3. The third-order valence-electron chi connectivity index (χ3n) is 3.56. The Morgan fingerprint density at radius 1 is 1.18 bits per heavy atom. The minimum Gasteiger partial charge on any atom is -0.444 e. The lowest BCUT2D eigenvalue weighted by Crippen LogP contribution is -2.46. The first-order chi connectivity index (χ1) is 10.1. The van der Waals surface area contributed by atoms with Crippen molar-refractivity contribution < 1.29 is 9.53 Å². The van der Waals surface area contributed by atoms with Crippen molar-refractivity contribution in [3.63, 3.8) is 0 Å². The van der Waals surface area contributed by atoms with Crippen LogP contribution in [0.2, 0.25) is 0 Å². The Hall–Kier alpha value is -0.810. The molecule has 1 rings (SSSR count). The van der Waals surface area contributed by atoms with E-state index < -0.39 is 5.60 Å². The summed E-state index contributed by atoms with van der Waals surface area (Å²) in [5, 5.41) is 6.96. The predicted molar refractivity (Wildman–Crippen MR) is 91.2 cm³/mol. The molecule has 0 aliphatic carbocycles. The van der Waals surface area contributed by atoms with Crippen molar-refractivity contribution >= 4 is 6.09 Å². The van der Waals surface area contributed by atoms with Gasteiger partial charge in [-0.1, -0.05) is 0 Å². The van der Waals surface area contributed by atoms with Crippen LogP contribution in [0.15, 0.2) is 0 Å². The monoisotopic (exact) mass is 313 g/mol. The van der Waals surface area contributed by atoms with Crippen molar-refractivity contribution in [1.82, 2.24) is 15.5 Å². The second-order valence-corrected chi connectivity index (χ2v) is 8.32. The molecular weight excluding hydrogens is 278 g/mol. The largest absolute Gasteiger partial charge is 0.444 e. The number of nitrogens with zero attached hydrogens (tertiary/aromatic N) is 1. The molecule has 1 unspecified atom stereocenters. The van der Waals surface area contributed by atoms with E-state index in [0.717, 1.165) is 39.1 Å². The van der Waals surface area contributed by atoms with Gasteiger partial charge in [0.15, 0.2) is 0 Å². The molecule has 0 saturated carbocycles. The van der Waals surface area contributed by atoms with Crippen molar-refractivity contribution in [2.45, 2.75) is 65.5 Å². The van der Waals surface area contributed by atoms with Crippen LogP contribution < -0.4 is 10.6 Å². The fraction of sp³-hybridized carbons (Fsp3) is 0.941. The third-order valence-corrected chi connectivity index (χ3v) is 3.56. The molecule has 0 aromatic heterocycles. The molecular formula is C17H35N3O2. The second kappa shape index (κ2) is 8.16. The molecule has 1 heterocycles. The van der Waals surface area contributed by atoms with Crippen LogP contribution in [-0.4, -0.2) is 54.9 Å². The van der Waals surface area contributed by atoms with Crippen molar-refractivity contribution in [1.29, 1.82) is 0 Å². The minimum absolute atomic E-state index is 0.167. The number of hydrogen-bond acceptors (Lipinski definition) is 4. The summed E-state index contributed by atoms with van der Waals surface area (Å²) >= 11 is 0. The van der Waals surface area contributed by atoms with Gasteiger partial charge >= 0.3 is 6.09 Å². The maximum absolute atomic E-state index is 12.1. The van der Waals surface area contributed by atoms with Crippen LogP contribution in [-0.2, 0) is 4.74 Å². The molecule has 2 N–H and O–H groups in total. The zero-order valence-corrected chi connectivity index (χ0v) is 15.3. The van der Waals surface area contributed by atoms with E-state index in [1.54, 1.807) is 0 Å². The summed E-state index contributed by atoms with van der Waals surface area (Å²) in [5.41, 5.74) is -0.249. The number of piperidine rings is 1. The topological polar surface area (TPSA) is 53.6 Å². The first-order valence-corrected chi connectivity index (χ1v) is 8.50. The number of carbonyl (C=O) groups is 1. The van der Waals surface area contributed by atoms with Crippen LogP contribution in [0.25, 0.3) is 0 Å². The molecule has 130 valence electrons. The number of amides is 1. The Kier molecular flexibility index (Phi) is 7.13. The highest BCUT2D eigenvalue weighted by Crippen LogP contribution is 2.18. The first kappa shape index (κ1) is 19.2. The lowest BCUT2D eigenvalue weighted by atomic mass is 9.98. The lowest BCUT2D eigenvalue weighted by Gasteiger charge is -2.34. The van der Waals surface area contributed by atoms with Crippen LogP contribution in [0.4, 0.5) is 4.79 Å². The van der Waals surface area contributed by atoms with Gasteiger partial charge in [-0.05, 0) is 66.8 Å². The highest BCUT2D eigenvalue weighted by Gasteiger charge is 2.27. The summed E-state index contributed by atoms with van der Waals surface area (Å²) < 4.78 is 5.46. The lowest BCUT2D eigenvalue weighted by molar-refractivity contribution is 0.0166. The average molecular weight is 313 g/mol. The molecule has 0 spiro atoms. The fourth-order valence-corrected chi connectivity index (χ4v) is 2.56. The smallest absolute Gasteiger partial charge is 0.410 e. The van der Waals surface area contributed by atoms with Gasteiger partial charge in [0.05, 0.1) is 0 Å². The molecule has 1 atom stereocenters. The van der Waals surface area contributed by atoms with Gasteiger partial charge in [0.1, 0.15) is 5.60 Å². The van der Waals surface area contributed by atoms with Gasteiger partial charge in [0.2, 0.25) is 0 Å².